The lowest BCUT2D eigenvalue weighted by molar-refractivity contribution is 0.264. The van der Waals surface area contributed by atoms with E-state index in [9.17, 15) is 0 Å². The molecule has 102 valence electrons. The molecule has 1 aliphatic carbocycles. The molecular weight excluding hydrogens is 226 g/mol. The van der Waals surface area contributed by atoms with E-state index < -0.39 is 0 Å². The standard InChI is InChI=1S/C13H25N5/c1-10(2)8-14-9-13-15-16-17-18(13)12-6-4-11(3)5-7-12/h10-12,14H,4-9H2,1-3H3. The first-order valence-electron chi connectivity index (χ1n) is 7.14. The fraction of sp³-hybridized carbons (Fsp3) is 0.923. The molecule has 1 fully saturated rings. The molecule has 18 heavy (non-hydrogen) atoms. The maximum atomic E-state index is 4.18. The number of aromatic nitrogens is 4. The Morgan fingerprint density at radius 3 is 2.67 bits per heavy atom. The molecule has 0 aliphatic heterocycles. The molecule has 0 atom stereocenters. The summed E-state index contributed by atoms with van der Waals surface area (Å²) >= 11 is 0. The van der Waals surface area contributed by atoms with Crippen LogP contribution in [-0.2, 0) is 6.54 Å². The molecule has 0 amide bonds. The van der Waals surface area contributed by atoms with E-state index in [2.05, 4.69) is 41.6 Å². The van der Waals surface area contributed by atoms with Gasteiger partial charge in [-0.15, -0.1) is 5.10 Å². The van der Waals surface area contributed by atoms with Crippen molar-refractivity contribution in [3.63, 3.8) is 0 Å². The number of tetrazole rings is 1. The summed E-state index contributed by atoms with van der Waals surface area (Å²) in [7, 11) is 0. The molecule has 0 unspecified atom stereocenters. The quantitative estimate of drug-likeness (QED) is 0.871. The van der Waals surface area contributed by atoms with Crippen molar-refractivity contribution >= 4 is 0 Å². The van der Waals surface area contributed by atoms with Crippen molar-refractivity contribution in [1.82, 2.24) is 25.5 Å². The van der Waals surface area contributed by atoms with Gasteiger partial charge in [0.25, 0.3) is 0 Å². The van der Waals surface area contributed by atoms with Gasteiger partial charge >= 0.3 is 0 Å². The largest absolute Gasteiger partial charge is 0.310 e. The van der Waals surface area contributed by atoms with Gasteiger partial charge in [-0.3, -0.25) is 0 Å². The van der Waals surface area contributed by atoms with Crippen molar-refractivity contribution in [2.45, 2.75) is 59.0 Å². The zero-order chi connectivity index (χ0) is 13.0. The van der Waals surface area contributed by atoms with Crippen LogP contribution in [0.1, 0.15) is 58.3 Å². The van der Waals surface area contributed by atoms with Gasteiger partial charge in [0.2, 0.25) is 0 Å². The zero-order valence-corrected chi connectivity index (χ0v) is 11.8. The van der Waals surface area contributed by atoms with Gasteiger partial charge in [0.05, 0.1) is 12.6 Å². The summed E-state index contributed by atoms with van der Waals surface area (Å²) in [5, 5.41) is 15.6. The van der Waals surface area contributed by atoms with E-state index in [0.717, 1.165) is 24.8 Å². The molecule has 0 spiro atoms. The summed E-state index contributed by atoms with van der Waals surface area (Å²) in [6.07, 6.45) is 5.01. The van der Waals surface area contributed by atoms with Crippen LogP contribution < -0.4 is 5.32 Å². The van der Waals surface area contributed by atoms with Gasteiger partial charge in [-0.1, -0.05) is 20.8 Å². The average molecular weight is 251 g/mol. The summed E-state index contributed by atoms with van der Waals surface area (Å²) in [6.45, 7) is 8.53. The molecule has 1 heterocycles. The lowest BCUT2D eigenvalue weighted by Crippen LogP contribution is -2.25. The Kier molecular flexibility index (Phi) is 4.69. The van der Waals surface area contributed by atoms with Crippen LogP contribution in [-0.4, -0.2) is 26.8 Å². The minimum atomic E-state index is 0.507. The second-order valence-corrected chi connectivity index (χ2v) is 5.98. The van der Waals surface area contributed by atoms with Crippen LogP contribution in [0.2, 0.25) is 0 Å². The molecule has 1 saturated carbocycles. The summed E-state index contributed by atoms with van der Waals surface area (Å²) < 4.78 is 2.04. The fourth-order valence-corrected chi connectivity index (χ4v) is 2.57. The number of rotatable bonds is 5. The van der Waals surface area contributed by atoms with E-state index in [1.807, 2.05) is 4.68 Å². The normalized spacial score (nSPS) is 24.7. The average Bonchev–Trinajstić information content (AvgIpc) is 2.78. The first-order valence-corrected chi connectivity index (χ1v) is 7.14. The highest BCUT2D eigenvalue weighted by molar-refractivity contribution is 4.86. The molecule has 1 aromatic rings. The minimum absolute atomic E-state index is 0.507. The Bertz CT molecular complexity index is 352. The smallest absolute Gasteiger partial charge is 0.165 e. The van der Waals surface area contributed by atoms with Crippen LogP contribution in [0.25, 0.3) is 0 Å². The van der Waals surface area contributed by atoms with Gasteiger partial charge in [0, 0.05) is 0 Å². The van der Waals surface area contributed by atoms with E-state index in [4.69, 9.17) is 0 Å². The van der Waals surface area contributed by atoms with Crippen LogP contribution in [0.15, 0.2) is 0 Å². The maximum Gasteiger partial charge on any atom is 0.165 e. The third-order valence-corrected chi connectivity index (χ3v) is 3.73. The Labute approximate surface area is 109 Å². The van der Waals surface area contributed by atoms with E-state index in [-0.39, 0.29) is 0 Å². The fourth-order valence-electron chi connectivity index (χ4n) is 2.57. The van der Waals surface area contributed by atoms with Crippen LogP contribution >= 0.6 is 0 Å². The molecule has 5 heteroatoms. The van der Waals surface area contributed by atoms with Crippen molar-refractivity contribution in [2.24, 2.45) is 11.8 Å². The Hall–Kier alpha value is -0.970. The number of hydrogen-bond donors (Lipinski definition) is 1. The minimum Gasteiger partial charge on any atom is -0.310 e. The molecule has 0 bridgehead atoms. The van der Waals surface area contributed by atoms with Gasteiger partial charge in [-0.2, -0.15) is 0 Å². The van der Waals surface area contributed by atoms with Crippen LogP contribution in [0.4, 0.5) is 0 Å². The third kappa shape index (κ3) is 3.51. The molecule has 2 rings (SSSR count). The van der Waals surface area contributed by atoms with Gasteiger partial charge < -0.3 is 5.32 Å². The van der Waals surface area contributed by atoms with E-state index in [1.165, 1.54) is 25.7 Å². The van der Waals surface area contributed by atoms with Gasteiger partial charge in [0.1, 0.15) is 0 Å². The van der Waals surface area contributed by atoms with Gasteiger partial charge in [-0.05, 0) is 54.5 Å². The van der Waals surface area contributed by atoms with Crippen LogP contribution in [0, 0.1) is 11.8 Å². The summed E-state index contributed by atoms with van der Waals surface area (Å²) in [5.41, 5.74) is 0. The number of nitrogens with one attached hydrogen (secondary N) is 1. The Balaban J connectivity index is 1.90. The molecule has 5 nitrogen and oxygen atoms in total. The van der Waals surface area contributed by atoms with Crippen molar-refractivity contribution in [3.8, 4) is 0 Å². The number of hydrogen-bond acceptors (Lipinski definition) is 4. The molecule has 0 saturated heterocycles. The number of nitrogens with zero attached hydrogens (tertiary/aromatic N) is 4. The summed E-state index contributed by atoms with van der Waals surface area (Å²) in [5.74, 6) is 2.50. The predicted molar refractivity (Wildman–Crippen MR) is 71.0 cm³/mol. The van der Waals surface area contributed by atoms with Crippen molar-refractivity contribution in [1.29, 1.82) is 0 Å². The van der Waals surface area contributed by atoms with Crippen LogP contribution in [0.5, 0.6) is 0 Å². The Morgan fingerprint density at radius 2 is 2.00 bits per heavy atom. The van der Waals surface area contributed by atoms with E-state index in [1.54, 1.807) is 0 Å². The van der Waals surface area contributed by atoms with Crippen molar-refractivity contribution < 1.29 is 0 Å². The predicted octanol–water partition coefficient (Wildman–Crippen LogP) is 2.17. The summed E-state index contributed by atoms with van der Waals surface area (Å²) in [6, 6.07) is 0.507. The molecule has 1 N–H and O–H groups in total. The van der Waals surface area contributed by atoms with E-state index in [0.29, 0.717) is 12.0 Å². The van der Waals surface area contributed by atoms with Crippen LogP contribution in [0.3, 0.4) is 0 Å². The first kappa shape index (κ1) is 13.5. The lowest BCUT2D eigenvalue weighted by Gasteiger charge is -2.26. The Morgan fingerprint density at radius 1 is 1.28 bits per heavy atom. The van der Waals surface area contributed by atoms with E-state index >= 15 is 0 Å². The highest BCUT2D eigenvalue weighted by Crippen LogP contribution is 2.31. The molecule has 0 radical (unpaired) electrons. The van der Waals surface area contributed by atoms with Gasteiger partial charge in [-0.25, -0.2) is 4.68 Å². The monoisotopic (exact) mass is 251 g/mol. The SMILES string of the molecule is CC(C)CNCc1nnnn1C1CCC(C)CC1. The molecule has 0 aromatic carbocycles. The molecule has 1 aliphatic rings. The zero-order valence-electron chi connectivity index (χ0n) is 11.8. The maximum absolute atomic E-state index is 4.18. The lowest BCUT2D eigenvalue weighted by atomic mass is 9.87. The highest BCUT2D eigenvalue weighted by Gasteiger charge is 2.22. The first-order chi connectivity index (χ1) is 8.66. The van der Waals surface area contributed by atoms with Crippen molar-refractivity contribution in [2.75, 3.05) is 6.54 Å². The second kappa shape index (κ2) is 6.27. The van der Waals surface area contributed by atoms with Crippen molar-refractivity contribution in [3.05, 3.63) is 5.82 Å². The third-order valence-electron chi connectivity index (χ3n) is 3.73. The summed E-state index contributed by atoms with van der Waals surface area (Å²) in [4.78, 5) is 0. The molecular formula is C13H25N5. The highest BCUT2D eigenvalue weighted by atomic mass is 15.6. The second-order valence-electron chi connectivity index (χ2n) is 5.98. The van der Waals surface area contributed by atoms with Gasteiger partial charge in [0.15, 0.2) is 5.82 Å². The molecule has 1 aromatic heterocycles. The topological polar surface area (TPSA) is 55.6 Å².